The zero-order valence-electron chi connectivity index (χ0n) is 9.05. The molecule has 5 heteroatoms. The lowest BCUT2D eigenvalue weighted by Gasteiger charge is -2.26. The molecule has 0 radical (unpaired) electrons. The molecule has 16 heavy (non-hydrogen) atoms. The van der Waals surface area contributed by atoms with Gasteiger partial charge in [-0.15, -0.1) is 5.10 Å². The van der Waals surface area contributed by atoms with Crippen LogP contribution in [-0.4, -0.2) is 34.4 Å². The highest BCUT2D eigenvalue weighted by molar-refractivity contribution is 5.93. The summed E-state index contributed by atoms with van der Waals surface area (Å²) in [7, 11) is 0. The lowest BCUT2D eigenvalue weighted by molar-refractivity contribution is 0.0697. The van der Waals surface area contributed by atoms with Crippen LogP contribution >= 0.6 is 0 Å². The number of aromatic nitrogens is 2. The number of aromatic carboxylic acids is 1. The van der Waals surface area contributed by atoms with Gasteiger partial charge in [0, 0.05) is 13.1 Å². The van der Waals surface area contributed by atoms with E-state index in [4.69, 9.17) is 5.11 Å². The van der Waals surface area contributed by atoms with Crippen molar-refractivity contribution in [2.75, 3.05) is 18.0 Å². The predicted octanol–water partition coefficient (Wildman–Crippen LogP) is 1.33. The van der Waals surface area contributed by atoms with Crippen molar-refractivity contribution >= 4 is 11.8 Å². The van der Waals surface area contributed by atoms with Crippen molar-refractivity contribution in [1.29, 1.82) is 0 Å². The van der Waals surface area contributed by atoms with Crippen molar-refractivity contribution in [3.05, 3.63) is 29.5 Å². The van der Waals surface area contributed by atoms with Gasteiger partial charge in [0.05, 0.1) is 6.20 Å². The lowest BCUT2D eigenvalue weighted by Crippen LogP contribution is -2.30. The zero-order chi connectivity index (χ0) is 11.5. The maximum Gasteiger partial charge on any atom is 0.339 e. The van der Waals surface area contributed by atoms with Gasteiger partial charge in [-0.2, -0.15) is 5.10 Å². The molecule has 5 nitrogen and oxygen atoms in total. The maximum absolute atomic E-state index is 11.0. The summed E-state index contributed by atoms with van der Waals surface area (Å²) in [6.07, 6.45) is 4.43. The van der Waals surface area contributed by atoms with E-state index in [9.17, 15) is 4.79 Å². The molecule has 1 aliphatic heterocycles. The standard InChI is InChI=1S/C11H13N3O2/c1-8-3-6-14(7-4-8)10-9(11(15)16)2-5-12-13-10/h2-3,5H,4,6-7H2,1H3,(H,15,16). The van der Waals surface area contributed by atoms with Gasteiger partial charge in [-0.1, -0.05) is 11.6 Å². The molecule has 0 fully saturated rings. The first-order valence-electron chi connectivity index (χ1n) is 5.14. The fraction of sp³-hybridized carbons (Fsp3) is 0.364. The van der Waals surface area contributed by atoms with Gasteiger partial charge in [0.1, 0.15) is 5.56 Å². The highest BCUT2D eigenvalue weighted by atomic mass is 16.4. The van der Waals surface area contributed by atoms with E-state index >= 15 is 0 Å². The molecule has 1 N–H and O–H groups in total. The maximum atomic E-state index is 11.0. The predicted molar refractivity (Wildman–Crippen MR) is 59.6 cm³/mol. The van der Waals surface area contributed by atoms with Crippen LogP contribution in [0.1, 0.15) is 23.7 Å². The van der Waals surface area contributed by atoms with E-state index in [1.54, 1.807) is 0 Å². The summed E-state index contributed by atoms with van der Waals surface area (Å²) in [6, 6.07) is 1.48. The minimum absolute atomic E-state index is 0.211. The highest BCUT2D eigenvalue weighted by Crippen LogP contribution is 2.20. The molecule has 0 unspecified atom stereocenters. The minimum atomic E-state index is -0.962. The Morgan fingerprint density at radius 1 is 1.56 bits per heavy atom. The van der Waals surface area contributed by atoms with Crippen molar-refractivity contribution in [1.82, 2.24) is 10.2 Å². The van der Waals surface area contributed by atoms with E-state index in [2.05, 4.69) is 23.2 Å². The van der Waals surface area contributed by atoms with Crippen molar-refractivity contribution in [2.24, 2.45) is 0 Å². The van der Waals surface area contributed by atoms with Crippen molar-refractivity contribution in [3.63, 3.8) is 0 Å². The van der Waals surface area contributed by atoms with Crippen LogP contribution in [0.2, 0.25) is 0 Å². The number of hydrogen-bond donors (Lipinski definition) is 1. The van der Waals surface area contributed by atoms with Gasteiger partial charge in [-0.05, 0) is 19.4 Å². The fourth-order valence-corrected chi connectivity index (χ4v) is 1.69. The van der Waals surface area contributed by atoms with E-state index in [-0.39, 0.29) is 5.56 Å². The number of carboxylic acid groups (broad SMARTS) is 1. The van der Waals surface area contributed by atoms with Crippen LogP contribution < -0.4 is 4.90 Å². The Bertz CT molecular complexity index is 443. The van der Waals surface area contributed by atoms with Crippen LogP contribution in [0.25, 0.3) is 0 Å². The average Bonchev–Trinajstić information content (AvgIpc) is 2.30. The molecular weight excluding hydrogens is 206 g/mol. The van der Waals surface area contributed by atoms with E-state index < -0.39 is 5.97 Å². The molecule has 2 heterocycles. The third-order valence-electron chi connectivity index (χ3n) is 2.67. The SMILES string of the molecule is CC1=CCN(c2nnccc2C(=O)O)CC1. The van der Waals surface area contributed by atoms with Crippen LogP contribution in [-0.2, 0) is 0 Å². The minimum Gasteiger partial charge on any atom is -0.478 e. The van der Waals surface area contributed by atoms with Gasteiger partial charge in [0.2, 0.25) is 0 Å². The van der Waals surface area contributed by atoms with E-state index in [1.807, 2.05) is 4.90 Å². The first kappa shape index (κ1) is 10.6. The summed E-state index contributed by atoms with van der Waals surface area (Å²) < 4.78 is 0. The second-order valence-electron chi connectivity index (χ2n) is 3.82. The molecule has 0 saturated heterocycles. The second kappa shape index (κ2) is 4.30. The molecule has 0 bridgehead atoms. The quantitative estimate of drug-likeness (QED) is 0.760. The second-order valence-corrected chi connectivity index (χ2v) is 3.82. The summed E-state index contributed by atoms with van der Waals surface area (Å²) in [5, 5.41) is 16.7. The molecule has 1 aliphatic rings. The summed E-state index contributed by atoms with van der Waals surface area (Å²) >= 11 is 0. The van der Waals surface area contributed by atoms with Crippen LogP contribution in [0, 0.1) is 0 Å². The van der Waals surface area contributed by atoms with Crippen LogP contribution in [0.3, 0.4) is 0 Å². The van der Waals surface area contributed by atoms with Crippen molar-refractivity contribution < 1.29 is 9.90 Å². The Morgan fingerprint density at radius 2 is 2.38 bits per heavy atom. The Balaban J connectivity index is 2.30. The number of carbonyl (C=O) groups is 1. The molecule has 0 spiro atoms. The molecule has 2 rings (SSSR count). The monoisotopic (exact) mass is 219 g/mol. The van der Waals surface area contributed by atoms with E-state index in [0.29, 0.717) is 12.4 Å². The Labute approximate surface area is 93.4 Å². The van der Waals surface area contributed by atoms with Gasteiger partial charge in [0.15, 0.2) is 5.82 Å². The first-order chi connectivity index (χ1) is 7.68. The number of nitrogens with zero attached hydrogens (tertiary/aromatic N) is 3. The molecule has 84 valence electrons. The van der Waals surface area contributed by atoms with Crippen molar-refractivity contribution in [2.45, 2.75) is 13.3 Å². The normalized spacial score (nSPS) is 15.8. The highest BCUT2D eigenvalue weighted by Gasteiger charge is 2.18. The van der Waals surface area contributed by atoms with Gasteiger partial charge in [0.25, 0.3) is 0 Å². The molecule has 0 aliphatic carbocycles. The number of rotatable bonds is 2. The smallest absolute Gasteiger partial charge is 0.339 e. The molecule has 1 aromatic heterocycles. The Morgan fingerprint density at radius 3 is 3.00 bits per heavy atom. The topological polar surface area (TPSA) is 66.3 Å². The molecule has 0 amide bonds. The third kappa shape index (κ3) is 2.03. The number of hydrogen-bond acceptors (Lipinski definition) is 4. The van der Waals surface area contributed by atoms with Crippen LogP contribution in [0.15, 0.2) is 23.9 Å². The van der Waals surface area contributed by atoms with Gasteiger partial charge >= 0.3 is 5.97 Å². The average molecular weight is 219 g/mol. The lowest BCUT2D eigenvalue weighted by atomic mass is 10.1. The largest absolute Gasteiger partial charge is 0.478 e. The Hall–Kier alpha value is -1.91. The van der Waals surface area contributed by atoms with E-state index in [0.717, 1.165) is 13.0 Å². The zero-order valence-corrected chi connectivity index (χ0v) is 9.05. The van der Waals surface area contributed by atoms with Crippen LogP contribution in [0.5, 0.6) is 0 Å². The molecule has 0 atom stereocenters. The summed E-state index contributed by atoms with van der Waals surface area (Å²) in [5.41, 5.74) is 1.54. The summed E-state index contributed by atoms with van der Waals surface area (Å²) in [4.78, 5) is 13.0. The first-order valence-corrected chi connectivity index (χ1v) is 5.14. The fourth-order valence-electron chi connectivity index (χ4n) is 1.69. The third-order valence-corrected chi connectivity index (χ3v) is 2.67. The number of carboxylic acids is 1. The summed E-state index contributed by atoms with van der Waals surface area (Å²) in [5.74, 6) is -0.505. The summed E-state index contributed by atoms with van der Waals surface area (Å²) in [6.45, 7) is 3.57. The Kier molecular flexibility index (Phi) is 2.85. The molecule has 0 aromatic carbocycles. The van der Waals surface area contributed by atoms with Gasteiger partial charge in [-0.25, -0.2) is 4.79 Å². The number of anilines is 1. The molecular formula is C11H13N3O2. The molecule has 1 aromatic rings. The van der Waals surface area contributed by atoms with Gasteiger partial charge < -0.3 is 10.0 Å². The molecule has 0 saturated carbocycles. The van der Waals surface area contributed by atoms with Crippen LogP contribution in [0.4, 0.5) is 5.82 Å². The van der Waals surface area contributed by atoms with Crippen molar-refractivity contribution in [3.8, 4) is 0 Å². The van der Waals surface area contributed by atoms with E-state index in [1.165, 1.54) is 17.8 Å². The van der Waals surface area contributed by atoms with Gasteiger partial charge in [-0.3, -0.25) is 0 Å².